The summed E-state index contributed by atoms with van der Waals surface area (Å²) in [7, 11) is 0. The van der Waals surface area contributed by atoms with Gasteiger partial charge >= 0.3 is 6.03 Å². The van der Waals surface area contributed by atoms with E-state index in [1.54, 1.807) is 28.8 Å². The SMILES string of the molecule is CC1=C(C)C2C(=O)N(c3ccccc3)C(=O)N(Cc3ccc(Cl)cc3)C2S1. The Morgan fingerprint density at radius 2 is 1.67 bits per heavy atom. The lowest BCUT2D eigenvalue weighted by Crippen LogP contribution is -2.59. The molecule has 0 saturated carbocycles. The molecule has 2 aliphatic rings. The molecule has 0 N–H and O–H groups in total. The van der Waals surface area contributed by atoms with Crippen LogP contribution in [0.15, 0.2) is 65.1 Å². The number of carbonyl (C=O) groups excluding carboxylic acids is 2. The summed E-state index contributed by atoms with van der Waals surface area (Å²) in [6.45, 7) is 4.44. The first kappa shape index (κ1) is 18.1. The number of hydrogen-bond acceptors (Lipinski definition) is 3. The highest BCUT2D eigenvalue weighted by molar-refractivity contribution is 8.03. The lowest BCUT2D eigenvalue weighted by molar-refractivity contribution is -0.122. The molecule has 1 fully saturated rings. The van der Waals surface area contributed by atoms with Gasteiger partial charge in [-0.25, -0.2) is 9.69 Å². The highest BCUT2D eigenvalue weighted by Gasteiger charge is 2.51. The van der Waals surface area contributed by atoms with E-state index >= 15 is 0 Å². The fourth-order valence-corrected chi connectivity index (χ4v) is 5.10. The molecule has 2 aliphatic heterocycles. The summed E-state index contributed by atoms with van der Waals surface area (Å²) < 4.78 is 0. The van der Waals surface area contributed by atoms with E-state index in [0.717, 1.165) is 16.0 Å². The number of nitrogens with zero attached hydrogens (tertiary/aromatic N) is 2. The van der Waals surface area contributed by atoms with Gasteiger partial charge in [0, 0.05) is 11.6 Å². The van der Waals surface area contributed by atoms with Crippen LogP contribution in [0, 0.1) is 5.92 Å². The van der Waals surface area contributed by atoms with Crippen molar-refractivity contribution in [1.29, 1.82) is 0 Å². The summed E-state index contributed by atoms with van der Waals surface area (Å²) >= 11 is 7.59. The van der Waals surface area contributed by atoms with Crippen molar-refractivity contribution in [1.82, 2.24) is 4.90 Å². The summed E-state index contributed by atoms with van der Waals surface area (Å²) in [5.74, 6) is -0.467. The summed E-state index contributed by atoms with van der Waals surface area (Å²) in [6, 6.07) is 16.3. The van der Waals surface area contributed by atoms with Gasteiger partial charge in [0.2, 0.25) is 5.91 Å². The zero-order chi connectivity index (χ0) is 19.1. The van der Waals surface area contributed by atoms with Crippen LogP contribution in [-0.2, 0) is 11.3 Å². The second kappa shape index (κ2) is 7.06. The molecule has 0 bridgehead atoms. The lowest BCUT2D eigenvalue weighted by Gasteiger charge is -2.42. The number of carbonyl (C=O) groups is 2. The second-order valence-electron chi connectivity index (χ2n) is 6.77. The van der Waals surface area contributed by atoms with Gasteiger partial charge in [0.15, 0.2) is 0 Å². The van der Waals surface area contributed by atoms with Crippen LogP contribution >= 0.6 is 23.4 Å². The average molecular weight is 399 g/mol. The average Bonchev–Trinajstić information content (AvgIpc) is 2.96. The molecule has 0 aromatic heterocycles. The molecule has 4 nitrogen and oxygen atoms in total. The monoisotopic (exact) mass is 398 g/mol. The Morgan fingerprint density at radius 3 is 2.33 bits per heavy atom. The number of hydrogen-bond donors (Lipinski definition) is 0. The van der Waals surface area contributed by atoms with Crippen LogP contribution in [0.4, 0.5) is 10.5 Å². The quantitative estimate of drug-likeness (QED) is 0.705. The smallest absolute Gasteiger partial charge is 0.306 e. The second-order valence-corrected chi connectivity index (χ2v) is 8.54. The van der Waals surface area contributed by atoms with Crippen molar-refractivity contribution >= 4 is 41.0 Å². The standard InChI is InChI=1S/C21H19ClN2O2S/c1-13-14(2)27-20-18(13)19(25)24(17-6-4-3-5-7-17)21(26)23(20)12-15-8-10-16(22)11-9-15/h3-11,18,20H,12H2,1-2H3. The third kappa shape index (κ3) is 3.15. The molecule has 2 aromatic rings. The normalized spacial score (nSPS) is 22.5. The molecule has 2 aromatic carbocycles. The number of para-hydroxylation sites is 1. The fraction of sp³-hybridized carbons (Fsp3) is 0.238. The molecule has 3 amide bonds. The van der Waals surface area contributed by atoms with E-state index in [1.165, 1.54) is 4.90 Å². The number of imide groups is 1. The third-order valence-electron chi connectivity index (χ3n) is 5.12. The third-order valence-corrected chi connectivity index (χ3v) is 6.81. The molecule has 2 heterocycles. The molecule has 4 rings (SSSR count). The van der Waals surface area contributed by atoms with Crippen molar-refractivity contribution in [2.75, 3.05) is 4.90 Å². The van der Waals surface area contributed by atoms with Crippen molar-refractivity contribution in [3.8, 4) is 0 Å². The highest BCUT2D eigenvalue weighted by atomic mass is 35.5. The van der Waals surface area contributed by atoms with Gasteiger partial charge in [-0.15, -0.1) is 11.8 Å². The molecule has 6 heteroatoms. The van der Waals surface area contributed by atoms with E-state index in [9.17, 15) is 9.59 Å². The van der Waals surface area contributed by atoms with Gasteiger partial charge in [-0.2, -0.15) is 0 Å². The summed E-state index contributed by atoms with van der Waals surface area (Å²) in [4.78, 5) is 30.8. The minimum absolute atomic E-state index is 0.148. The van der Waals surface area contributed by atoms with Crippen LogP contribution in [0.5, 0.6) is 0 Å². The Hall–Kier alpha value is -2.24. The fourth-order valence-electron chi connectivity index (χ4n) is 3.56. The number of benzene rings is 2. The number of urea groups is 1. The van der Waals surface area contributed by atoms with Gasteiger partial charge in [0.25, 0.3) is 0 Å². The van der Waals surface area contributed by atoms with E-state index in [0.29, 0.717) is 17.3 Å². The minimum Gasteiger partial charge on any atom is -0.306 e. The molecule has 2 atom stereocenters. The van der Waals surface area contributed by atoms with Crippen molar-refractivity contribution in [3.63, 3.8) is 0 Å². The van der Waals surface area contributed by atoms with Crippen molar-refractivity contribution in [3.05, 3.63) is 75.7 Å². The largest absolute Gasteiger partial charge is 0.332 e. The van der Waals surface area contributed by atoms with Gasteiger partial charge in [0.1, 0.15) is 0 Å². The molecule has 2 unspecified atom stereocenters. The molecule has 0 spiro atoms. The van der Waals surface area contributed by atoms with E-state index in [-0.39, 0.29) is 23.2 Å². The maximum atomic E-state index is 13.3. The number of amides is 3. The van der Waals surface area contributed by atoms with E-state index < -0.39 is 0 Å². The van der Waals surface area contributed by atoms with Crippen molar-refractivity contribution in [2.45, 2.75) is 25.8 Å². The number of thioether (sulfide) groups is 1. The van der Waals surface area contributed by atoms with E-state index in [4.69, 9.17) is 11.6 Å². The van der Waals surface area contributed by atoms with Gasteiger partial charge < -0.3 is 4.90 Å². The maximum Gasteiger partial charge on any atom is 0.332 e. The number of halogens is 1. The predicted molar refractivity (Wildman–Crippen MR) is 110 cm³/mol. The zero-order valence-corrected chi connectivity index (χ0v) is 16.6. The highest BCUT2D eigenvalue weighted by Crippen LogP contribution is 2.47. The first-order valence-corrected chi connectivity index (χ1v) is 10.0. The molecule has 27 heavy (non-hydrogen) atoms. The number of fused-ring (bicyclic) bond motifs is 1. The Bertz CT molecular complexity index is 927. The first-order chi connectivity index (χ1) is 13.0. The van der Waals surface area contributed by atoms with Gasteiger partial charge in [-0.3, -0.25) is 4.79 Å². The number of allylic oxidation sites excluding steroid dienone is 1. The Morgan fingerprint density at radius 1 is 1.00 bits per heavy atom. The Balaban J connectivity index is 1.74. The van der Waals surface area contributed by atoms with Crippen LogP contribution in [0.3, 0.4) is 0 Å². The van der Waals surface area contributed by atoms with Crippen molar-refractivity contribution < 1.29 is 9.59 Å². The van der Waals surface area contributed by atoms with Crippen LogP contribution in [0.2, 0.25) is 5.02 Å². The molecule has 1 saturated heterocycles. The van der Waals surface area contributed by atoms with Gasteiger partial charge in [0.05, 0.1) is 17.0 Å². The number of anilines is 1. The lowest BCUT2D eigenvalue weighted by atomic mass is 9.95. The summed E-state index contributed by atoms with van der Waals surface area (Å²) in [5, 5.41) is 0.451. The molecule has 0 radical (unpaired) electrons. The Kier molecular flexibility index (Phi) is 4.74. The molecule has 138 valence electrons. The van der Waals surface area contributed by atoms with E-state index in [2.05, 4.69) is 0 Å². The van der Waals surface area contributed by atoms with Crippen LogP contribution in [0.25, 0.3) is 0 Å². The van der Waals surface area contributed by atoms with Gasteiger partial charge in [-0.1, -0.05) is 41.9 Å². The van der Waals surface area contributed by atoms with E-state index in [1.807, 2.05) is 56.3 Å². The summed E-state index contributed by atoms with van der Waals surface area (Å²) in [5.41, 5.74) is 2.63. The van der Waals surface area contributed by atoms with Crippen LogP contribution in [-0.4, -0.2) is 22.2 Å². The minimum atomic E-state index is -0.319. The Labute approximate surface area is 167 Å². The molecular formula is C21H19ClN2O2S. The topological polar surface area (TPSA) is 40.6 Å². The van der Waals surface area contributed by atoms with Crippen LogP contribution < -0.4 is 4.90 Å². The van der Waals surface area contributed by atoms with Crippen molar-refractivity contribution in [2.24, 2.45) is 5.92 Å². The van der Waals surface area contributed by atoms with Gasteiger partial charge in [-0.05, 0) is 54.2 Å². The zero-order valence-electron chi connectivity index (χ0n) is 15.1. The summed E-state index contributed by atoms with van der Waals surface area (Å²) in [6.07, 6.45) is 0. The first-order valence-electron chi connectivity index (χ1n) is 8.75. The van der Waals surface area contributed by atoms with Crippen LogP contribution in [0.1, 0.15) is 19.4 Å². The molecule has 0 aliphatic carbocycles. The number of rotatable bonds is 3. The molecular weight excluding hydrogens is 380 g/mol. The predicted octanol–water partition coefficient (Wildman–Crippen LogP) is 5.29. The maximum absolute atomic E-state index is 13.3.